The number of aromatic nitrogens is 1. The van der Waals surface area contributed by atoms with Gasteiger partial charge < -0.3 is 4.52 Å². The summed E-state index contributed by atoms with van der Waals surface area (Å²) in [5.74, 6) is 0.548. The molecule has 0 bridgehead atoms. The fraction of sp³-hybridized carbons (Fsp3) is 0.133. The highest BCUT2D eigenvalue weighted by atomic mass is 35.5. The van der Waals surface area contributed by atoms with Gasteiger partial charge in [0, 0.05) is 11.1 Å². The molecule has 0 amide bonds. The zero-order valence-corrected chi connectivity index (χ0v) is 14.7. The number of anilines is 1. The van der Waals surface area contributed by atoms with Gasteiger partial charge in [0.2, 0.25) is 0 Å². The molecule has 3 aromatic rings. The van der Waals surface area contributed by atoms with E-state index in [1.165, 1.54) is 6.07 Å². The largest absolute Gasteiger partial charge is 0.355 e. The van der Waals surface area contributed by atoms with E-state index in [4.69, 9.17) is 16.1 Å². The van der Waals surface area contributed by atoms with E-state index < -0.39 is 10.0 Å². The molecule has 1 aromatic carbocycles. The standard InChI is InChI=1S/C15H13ClN2O3S2/c1-9-3-4-11(8-12(9)16)18-23(19,20)15-6-5-14(22-15)13-7-10(2)17-21-13/h3-8,18H,1-2H3. The van der Waals surface area contributed by atoms with Crippen LogP contribution in [0.15, 0.2) is 45.1 Å². The summed E-state index contributed by atoms with van der Waals surface area (Å²) in [6.07, 6.45) is 0. The second-order valence-corrected chi connectivity index (χ2v) is 8.42. The minimum Gasteiger partial charge on any atom is -0.355 e. The summed E-state index contributed by atoms with van der Waals surface area (Å²) in [4.78, 5) is 0.702. The highest BCUT2D eigenvalue weighted by Crippen LogP contribution is 2.32. The predicted octanol–water partition coefficient (Wildman–Crippen LogP) is 4.47. The lowest BCUT2D eigenvalue weighted by atomic mass is 10.2. The van der Waals surface area contributed by atoms with Gasteiger partial charge in [0.25, 0.3) is 10.0 Å². The Morgan fingerprint density at radius 1 is 1.17 bits per heavy atom. The monoisotopic (exact) mass is 368 g/mol. The van der Waals surface area contributed by atoms with Crippen LogP contribution in [0.3, 0.4) is 0 Å². The van der Waals surface area contributed by atoms with Crippen molar-refractivity contribution in [2.24, 2.45) is 0 Å². The van der Waals surface area contributed by atoms with Crippen molar-refractivity contribution in [1.29, 1.82) is 0 Å². The smallest absolute Gasteiger partial charge is 0.271 e. The number of aryl methyl sites for hydroxylation is 2. The van der Waals surface area contributed by atoms with Gasteiger partial charge in [-0.25, -0.2) is 8.42 Å². The summed E-state index contributed by atoms with van der Waals surface area (Å²) in [5, 5.41) is 4.31. The van der Waals surface area contributed by atoms with Gasteiger partial charge >= 0.3 is 0 Å². The molecule has 0 aliphatic heterocycles. The van der Waals surface area contributed by atoms with E-state index in [9.17, 15) is 8.42 Å². The van der Waals surface area contributed by atoms with Crippen LogP contribution in [0.4, 0.5) is 5.69 Å². The lowest BCUT2D eigenvalue weighted by molar-refractivity contribution is 0.428. The summed E-state index contributed by atoms with van der Waals surface area (Å²) in [5.41, 5.74) is 2.05. The molecule has 0 fully saturated rings. The highest BCUT2D eigenvalue weighted by molar-refractivity contribution is 7.94. The van der Waals surface area contributed by atoms with Crippen LogP contribution in [0.5, 0.6) is 0 Å². The summed E-state index contributed by atoms with van der Waals surface area (Å²) in [7, 11) is -3.68. The van der Waals surface area contributed by atoms with Crippen LogP contribution in [0.2, 0.25) is 5.02 Å². The average Bonchev–Trinajstić information content (AvgIpc) is 3.11. The van der Waals surface area contributed by atoms with E-state index in [0.29, 0.717) is 21.3 Å². The van der Waals surface area contributed by atoms with Crippen LogP contribution in [0, 0.1) is 13.8 Å². The van der Waals surface area contributed by atoms with Crippen molar-refractivity contribution in [3.63, 3.8) is 0 Å². The van der Waals surface area contributed by atoms with Crippen molar-refractivity contribution in [2.45, 2.75) is 18.1 Å². The van der Waals surface area contributed by atoms with Gasteiger partial charge in [-0.1, -0.05) is 22.8 Å². The lowest BCUT2D eigenvalue weighted by Gasteiger charge is -2.07. The Hall–Kier alpha value is -1.83. The first-order chi connectivity index (χ1) is 10.8. The maximum atomic E-state index is 12.5. The summed E-state index contributed by atoms with van der Waals surface area (Å²) < 4.78 is 32.8. The Morgan fingerprint density at radius 3 is 2.61 bits per heavy atom. The lowest BCUT2D eigenvalue weighted by Crippen LogP contribution is -2.11. The van der Waals surface area contributed by atoms with Crippen LogP contribution in [0.25, 0.3) is 10.6 Å². The molecule has 0 aliphatic rings. The van der Waals surface area contributed by atoms with Crippen LogP contribution < -0.4 is 4.72 Å². The van der Waals surface area contributed by atoms with Crippen molar-refractivity contribution in [3.8, 4) is 10.6 Å². The molecule has 8 heteroatoms. The molecule has 0 unspecified atom stereocenters. The maximum absolute atomic E-state index is 12.5. The first kappa shape index (κ1) is 16.0. The van der Waals surface area contributed by atoms with Crippen molar-refractivity contribution >= 4 is 38.6 Å². The number of hydrogen-bond acceptors (Lipinski definition) is 5. The van der Waals surface area contributed by atoms with Crippen LogP contribution in [-0.4, -0.2) is 13.6 Å². The molecule has 0 spiro atoms. The molecular weight excluding hydrogens is 356 g/mol. The van der Waals surface area contributed by atoms with E-state index in [0.717, 1.165) is 22.6 Å². The number of benzene rings is 1. The number of hydrogen-bond donors (Lipinski definition) is 1. The maximum Gasteiger partial charge on any atom is 0.271 e. The van der Waals surface area contributed by atoms with Crippen LogP contribution in [-0.2, 0) is 10.0 Å². The first-order valence-electron chi connectivity index (χ1n) is 6.68. The molecule has 5 nitrogen and oxygen atoms in total. The zero-order valence-electron chi connectivity index (χ0n) is 12.3. The Morgan fingerprint density at radius 2 is 1.96 bits per heavy atom. The molecule has 0 radical (unpaired) electrons. The normalized spacial score (nSPS) is 11.6. The van der Waals surface area contributed by atoms with Crippen molar-refractivity contribution in [3.05, 3.63) is 52.7 Å². The second-order valence-electron chi connectivity index (χ2n) is 5.02. The number of nitrogens with zero attached hydrogens (tertiary/aromatic N) is 1. The molecule has 3 rings (SSSR count). The van der Waals surface area contributed by atoms with Gasteiger partial charge in [-0.15, -0.1) is 11.3 Å². The Balaban J connectivity index is 1.88. The van der Waals surface area contributed by atoms with Gasteiger partial charge in [0.15, 0.2) is 5.76 Å². The predicted molar refractivity (Wildman–Crippen MR) is 91.6 cm³/mol. The van der Waals surface area contributed by atoms with Crippen LogP contribution in [0.1, 0.15) is 11.3 Å². The Kier molecular flexibility index (Phi) is 4.18. The zero-order chi connectivity index (χ0) is 16.6. The minimum atomic E-state index is -3.68. The topological polar surface area (TPSA) is 72.2 Å². The first-order valence-corrected chi connectivity index (χ1v) is 9.35. The number of halogens is 1. The van der Waals surface area contributed by atoms with Crippen molar-refractivity contribution in [1.82, 2.24) is 5.16 Å². The average molecular weight is 369 g/mol. The molecule has 0 atom stereocenters. The second kappa shape index (κ2) is 5.99. The summed E-state index contributed by atoms with van der Waals surface area (Å²) >= 11 is 7.14. The van der Waals surface area contributed by atoms with E-state index >= 15 is 0 Å². The van der Waals surface area contributed by atoms with Gasteiger partial charge in [-0.05, 0) is 43.7 Å². The van der Waals surface area contributed by atoms with Gasteiger partial charge in [0.05, 0.1) is 16.3 Å². The minimum absolute atomic E-state index is 0.193. The van der Waals surface area contributed by atoms with E-state index in [2.05, 4.69) is 9.88 Å². The Bertz CT molecular complexity index is 961. The number of sulfonamides is 1. The molecule has 2 aromatic heterocycles. The number of rotatable bonds is 4. The molecule has 0 saturated heterocycles. The molecular formula is C15H13ClN2O3S2. The SMILES string of the molecule is Cc1cc(-c2ccc(S(=O)(=O)Nc3ccc(C)c(Cl)c3)s2)on1. The van der Waals surface area contributed by atoms with Crippen molar-refractivity contribution < 1.29 is 12.9 Å². The van der Waals surface area contributed by atoms with Crippen LogP contribution >= 0.6 is 22.9 Å². The summed E-state index contributed by atoms with van der Waals surface area (Å²) in [6, 6.07) is 10.0. The fourth-order valence-electron chi connectivity index (χ4n) is 1.94. The Labute approximate surface area is 142 Å². The molecule has 0 aliphatic carbocycles. The fourth-order valence-corrected chi connectivity index (χ4v) is 4.42. The van der Waals surface area contributed by atoms with Gasteiger partial charge in [-0.2, -0.15) is 0 Å². The van der Waals surface area contributed by atoms with Gasteiger partial charge in [-0.3, -0.25) is 4.72 Å². The summed E-state index contributed by atoms with van der Waals surface area (Å²) in [6.45, 7) is 3.66. The van der Waals surface area contributed by atoms with Crippen molar-refractivity contribution in [2.75, 3.05) is 4.72 Å². The number of thiophene rings is 1. The molecule has 23 heavy (non-hydrogen) atoms. The van der Waals surface area contributed by atoms with E-state index in [1.54, 1.807) is 37.3 Å². The molecule has 1 N–H and O–H groups in total. The third kappa shape index (κ3) is 3.41. The van der Waals surface area contributed by atoms with E-state index in [-0.39, 0.29) is 4.21 Å². The third-order valence-electron chi connectivity index (χ3n) is 3.14. The quantitative estimate of drug-likeness (QED) is 0.737. The molecule has 2 heterocycles. The number of nitrogens with one attached hydrogen (secondary N) is 1. The van der Waals surface area contributed by atoms with Gasteiger partial charge in [0.1, 0.15) is 4.21 Å². The molecule has 0 saturated carbocycles. The third-order valence-corrected chi connectivity index (χ3v) is 6.52. The highest BCUT2D eigenvalue weighted by Gasteiger charge is 2.19. The van der Waals surface area contributed by atoms with E-state index in [1.807, 2.05) is 6.92 Å². The molecule has 120 valence electrons.